The summed E-state index contributed by atoms with van der Waals surface area (Å²) in [5.74, 6) is 2.04. The summed E-state index contributed by atoms with van der Waals surface area (Å²) in [6.45, 7) is 10.8. The van der Waals surface area contributed by atoms with Gasteiger partial charge in [0.15, 0.2) is 17.5 Å². The molecular formula is C37H29N3S. The van der Waals surface area contributed by atoms with Crippen molar-refractivity contribution in [3.63, 3.8) is 0 Å². The normalized spacial score (nSPS) is 14.3. The number of benzene rings is 4. The second-order valence-electron chi connectivity index (χ2n) is 10.9. The molecule has 198 valence electrons. The van der Waals surface area contributed by atoms with Crippen LogP contribution in [-0.4, -0.2) is 15.0 Å². The average Bonchev–Trinajstić information content (AvgIpc) is 3.48. The van der Waals surface area contributed by atoms with Crippen molar-refractivity contribution in [1.82, 2.24) is 15.0 Å². The second kappa shape index (κ2) is 9.76. The Balaban J connectivity index is 1.47. The number of thiophene rings is 1. The highest BCUT2D eigenvalue weighted by molar-refractivity contribution is 7.26. The molecule has 41 heavy (non-hydrogen) atoms. The Bertz CT molecular complexity index is 1970. The molecule has 4 heteroatoms. The van der Waals surface area contributed by atoms with E-state index in [4.69, 9.17) is 15.0 Å². The van der Waals surface area contributed by atoms with Gasteiger partial charge in [-0.25, -0.2) is 15.0 Å². The Labute approximate surface area is 244 Å². The van der Waals surface area contributed by atoms with Gasteiger partial charge in [-0.3, -0.25) is 0 Å². The fraction of sp³-hybridized carbons (Fsp3) is 0.108. The Morgan fingerprint density at radius 1 is 0.659 bits per heavy atom. The van der Waals surface area contributed by atoms with Crippen molar-refractivity contribution < 1.29 is 0 Å². The van der Waals surface area contributed by atoms with Crippen LogP contribution in [0.5, 0.6) is 0 Å². The van der Waals surface area contributed by atoms with E-state index >= 15 is 0 Å². The summed E-state index contributed by atoms with van der Waals surface area (Å²) >= 11 is 1.85. The van der Waals surface area contributed by atoms with Crippen LogP contribution in [0.15, 0.2) is 121 Å². The number of nitrogens with zero attached hydrogens (tertiary/aromatic N) is 3. The molecule has 7 rings (SSSR count). The van der Waals surface area contributed by atoms with E-state index in [0.717, 1.165) is 16.7 Å². The highest BCUT2D eigenvalue weighted by atomic mass is 32.1. The first kappa shape index (κ1) is 25.3. The minimum atomic E-state index is -0.117. The predicted octanol–water partition coefficient (Wildman–Crippen LogP) is 10.0. The summed E-state index contributed by atoms with van der Waals surface area (Å²) in [6.07, 6.45) is 6.11. The molecule has 0 radical (unpaired) electrons. The molecular weight excluding hydrogens is 518 g/mol. The van der Waals surface area contributed by atoms with Crippen LogP contribution in [0.4, 0.5) is 0 Å². The molecule has 2 heterocycles. The van der Waals surface area contributed by atoms with Crippen molar-refractivity contribution in [3.05, 3.63) is 133 Å². The van der Waals surface area contributed by atoms with E-state index in [9.17, 15) is 0 Å². The number of hydrogen-bond donors (Lipinski definition) is 0. The van der Waals surface area contributed by atoms with Gasteiger partial charge < -0.3 is 0 Å². The van der Waals surface area contributed by atoms with Gasteiger partial charge >= 0.3 is 0 Å². The van der Waals surface area contributed by atoms with Gasteiger partial charge in [0.05, 0.1) is 0 Å². The maximum absolute atomic E-state index is 5.04. The molecule has 0 aliphatic heterocycles. The van der Waals surface area contributed by atoms with Gasteiger partial charge in [0.2, 0.25) is 0 Å². The molecule has 2 aromatic heterocycles. The van der Waals surface area contributed by atoms with Gasteiger partial charge in [-0.1, -0.05) is 124 Å². The van der Waals surface area contributed by atoms with Crippen molar-refractivity contribution in [3.8, 4) is 34.2 Å². The fourth-order valence-electron chi connectivity index (χ4n) is 6.15. The number of rotatable bonds is 5. The summed E-state index contributed by atoms with van der Waals surface area (Å²) in [5, 5.41) is 2.51. The average molecular weight is 548 g/mol. The molecule has 0 bridgehead atoms. The highest BCUT2D eigenvalue weighted by Crippen LogP contribution is 2.53. The Morgan fingerprint density at radius 3 is 1.90 bits per heavy atom. The zero-order chi connectivity index (χ0) is 28.1. The monoisotopic (exact) mass is 547 g/mol. The molecule has 0 saturated carbocycles. The maximum Gasteiger partial charge on any atom is 0.165 e. The van der Waals surface area contributed by atoms with Gasteiger partial charge in [-0.2, -0.15) is 0 Å². The van der Waals surface area contributed by atoms with Gasteiger partial charge in [0, 0.05) is 42.3 Å². The van der Waals surface area contributed by atoms with E-state index in [1.165, 1.54) is 42.4 Å². The molecule has 1 aliphatic carbocycles. The van der Waals surface area contributed by atoms with Crippen LogP contribution in [0.2, 0.25) is 0 Å². The lowest BCUT2D eigenvalue weighted by atomic mass is 9.80. The summed E-state index contributed by atoms with van der Waals surface area (Å²) in [7, 11) is 0. The zero-order valence-electron chi connectivity index (χ0n) is 23.3. The van der Waals surface area contributed by atoms with E-state index in [2.05, 4.69) is 63.8 Å². The molecule has 0 atom stereocenters. The maximum atomic E-state index is 5.04. The van der Waals surface area contributed by atoms with E-state index in [0.29, 0.717) is 17.5 Å². The third-order valence-corrected chi connectivity index (χ3v) is 9.38. The molecule has 0 fully saturated rings. The van der Waals surface area contributed by atoms with E-state index < -0.39 is 0 Å². The molecule has 0 amide bonds. The largest absolute Gasteiger partial charge is 0.208 e. The summed E-state index contributed by atoms with van der Waals surface area (Å²) in [4.78, 5) is 15.0. The standard InChI is InChI=1S/C37H29N3S/c1-5-6-20-30-23(2)26-21-22-28-27-18-13-19-29(32(27)41-33(28)31(26)37(30,3)4)36-39-34(24-14-9-7-10-15-24)38-35(40-36)25-16-11-8-12-17-25/h5-22H,1H2,2-4H3/b20-6-. The number of fused-ring (bicyclic) bond motifs is 5. The van der Waals surface area contributed by atoms with Crippen molar-refractivity contribution in [2.75, 3.05) is 0 Å². The Morgan fingerprint density at radius 2 is 1.27 bits per heavy atom. The van der Waals surface area contributed by atoms with E-state index in [-0.39, 0.29) is 5.41 Å². The van der Waals surface area contributed by atoms with Crippen molar-refractivity contribution in [1.29, 1.82) is 0 Å². The summed E-state index contributed by atoms with van der Waals surface area (Å²) in [6, 6.07) is 31.4. The summed E-state index contributed by atoms with van der Waals surface area (Å²) in [5.41, 5.74) is 8.26. The minimum absolute atomic E-state index is 0.117. The number of hydrogen-bond acceptors (Lipinski definition) is 4. The SMILES string of the molecule is C=C/C=C\C1=C(C)c2ccc3c(sc4c(-c5nc(-c6ccccc6)nc(-c6ccccc6)n5)cccc43)c2C1(C)C. The molecule has 0 N–H and O–H groups in total. The topological polar surface area (TPSA) is 38.7 Å². The first-order valence-electron chi connectivity index (χ1n) is 13.8. The quantitative estimate of drug-likeness (QED) is 0.202. The smallest absolute Gasteiger partial charge is 0.165 e. The Hall–Kier alpha value is -4.67. The lowest BCUT2D eigenvalue weighted by Gasteiger charge is -2.23. The van der Waals surface area contributed by atoms with E-state index in [1.54, 1.807) is 0 Å². The Kier molecular flexibility index (Phi) is 6.02. The minimum Gasteiger partial charge on any atom is -0.208 e. The van der Waals surface area contributed by atoms with E-state index in [1.807, 2.05) is 84.2 Å². The molecule has 0 spiro atoms. The molecule has 4 aromatic carbocycles. The predicted molar refractivity (Wildman–Crippen MR) is 174 cm³/mol. The van der Waals surface area contributed by atoms with Gasteiger partial charge in [0.25, 0.3) is 0 Å². The van der Waals surface area contributed by atoms with Crippen LogP contribution in [0.1, 0.15) is 31.9 Å². The first-order valence-corrected chi connectivity index (χ1v) is 14.7. The second-order valence-corrected chi connectivity index (χ2v) is 12.0. The van der Waals surface area contributed by atoms with Gasteiger partial charge in [-0.15, -0.1) is 11.3 Å². The van der Waals surface area contributed by atoms with Crippen molar-refractivity contribution in [2.24, 2.45) is 0 Å². The van der Waals surface area contributed by atoms with Crippen LogP contribution in [0.25, 0.3) is 59.9 Å². The van der Waals surface area contributed by atoms with Crippen molar-refractivity contribution >= 4 is 37.1 Å². The molecule has 0 saturated heterocycles. The third-order valence-electron chi connectivity index (χ3n) is 8.11. The van der Waals surface area contributed by atoms with Crippen LogP contribution in [0.3, 0.4) is 0 Å². The molecule has 6 aromatic rings. The van der Waals surface area contributed by atoms with Crippen molar-refractivity contribution in [2.45, 2.75) is 26.2 Å². The van der Waals surface area contributed by atoms with Crippen LogP contribution in [0, 0.1) is 0 Å². The van der Waals surface area contributed by atoms with Crippen LogP contribution < -0.4 is 0 Å². The molecule has 1 aliphatic rings. The lowest BCUT2D eigenvalue weighted by Crippen LogP contribution is -2.16. The van der Waals surface area contributed by atoms with Crippen LogP contribution >= 0.6 is 11.3 Å². The van der Waals surface area contributed by atoms with Crippen LogP contribution in [-0.2, 0) is 5.41 Å². The van der Waals surface area contributed by atoms with Gasteiger partial charge in [-0.05, 0) is 35.3 Å². The number of aromatic nitrogens is 3. The third kappa shape index (κ3) is 4.06. The van der Waals surface area contributed by atoms with Gasteiger partial charge in [0.1, 0.15) is 0 Å². The zero-order valence-corrected chi connectivity index (χ0v) is 24.2. The summed E-state index contributed by atoms with van der Waals surface area (Å²) < 4.78 is 2.53. The number of allylic oxidation sites excluding steroid dienone is 5. The molecule has 3 nitrogen and oxygen atoms in total. The molecule has 0 unspecified atom stereocenters. The first-order chi connectivity index (χ1) is 20.0. The highest BCUT2D eigenvalue weighted by Gasteiger charge is 2.37. The lowest BCUT2D eigenvalue weighted by molar-refractivity contribution is 0.661. The fourth-order valence-corrected chi connectivity index (χ4v) is 7.66.